The summed E-state index contributed by atoms with van der Waals surface area (Å²) in [5.74, 6) is 0.277. The van der Waals surface area contributed by atoms with Crippen molar-refractivity contribution in [1.82, 2.24) is 14.5 Å². The van der Waals surface area contributed by atoms with E-state index in [1.807, 2.05) is 0 Å². The Kier molecular flexibility index (Phi) is 7.11. The van der Waals surface area contributed by atoms with Crippen LogP contribution in [0.5, 0.6) is 5.88 Å². The monoisotopic (exact) mass is 469 g/mol. The van der Waals surface area contributed by atoms with E-state index >= 15 is 0 Å². The van der Waals surface area contributed by atoms with E-state index in [-0.39, 0.29) is 28.5 Å². The van der Waals surface area contributed by atoms with Gasteiger partial charge in [0.2, 0.25) is 5.88 Å². The quantitative estimate of drug-likeness (QED) is 0.593. The van der Waals surface area contributed by atoms with E-state index < -0.39 is 17.4 Å². The number of nitrogens with one attached hydrogen (secondary N) is 1. The van der Waals surface area contributed by atoms with Crippen molar-refractivity contribution in [3.8, 4) is 11.6 Å². The first-order valence-electron chi connectivity index (χ1n) is 10.2. The van der Waals surface area contributed by atoms with E-state index in [2.05, 4.69) is 22.3 Å². The fraction of sp³-hybridized carbons (Fsp3) is 0.167. The predicted octanol–water partition coefficient (Wildman–Crippen LogP) is 4.30. The minimum absolute atomic E-state index is 0.128. The van der Waals surface area contributed by atoms with E-state index in [0.717, 1.165) is 12.3 Å². The van der Waals surface area contributed by atoms with Crippen LogP contribution in [0.2, 0.25) is 0 Å². The van der Waals surface area contributed by atoms with Crippen LogP contribution in [0.25, 0.3) is 22.3 Å². The molecule has 176 valence electrons. The number of nitrogens with zero attached hydrogens (tertiary/aromatic N) is 3. The zero-order chi connectivity index (χ0) is 25.0. The van der Waals surface area contributed by atoms with Gasteiger partial charge in [0.25, 0.3) is 5.56 Å². The summed E-state index contributed by atoms with van der Waals surface area (Å²) >= 11 is 0. The summed E-state index contributed by atoms with van der Waals surface area (Å²) in [5.41, 5.74) is 4.76. The molecule has 10 heteroatoms. The molecule has 1 aliphatic carbocycles. The highest BCUT2D eigenvalue weighted by Gasteiger charge is 2.32. The highest BCUT2D eigenvalue weighted by atomic mass is 19.4. The van der Waals surface area contributed by atoms with Gasteiger partial charge in [-0.2, -0.15) is 18.2 Å². The Morgan fingerprint density at radius 2 is 1.91 bits per heavy atom. The largest absolute Gasteiger partial charge is 0.478 e. The van der Waals surface area contributed by atoms with Crippen molar-refractivity contribution in [2.45, 2.75) is 13.1 Å². The molecule has 7 nitrogen and oxygen atoms in total. The average Bonchev–Trinajstić information content (AvgIpc) is 2.82. The standard InChI is InChI=1S/C23H17F3N4O2.CH5N/c1-3-32-20-9-5-15-11-17(14-4-7-18(27)13(2)10-14)22(31)30(21(15)29-20)16-6-8-19(28-12-16)23(24,25)26;1-2/h4-12,27H,2-3H2,1H3;2H2,1H3. The molecule has 0 bridgehead atoms. The van der Waals surface area contributed by atoms with Crippen molar-refractivity contribution < 1.29 is 17.9 Å². The van der Waals surface area contributed by atoms with Crippen LogP contribution in [0.1, 0.15) is 18.2 Å². The van der Waals surface area contributed by atoms with Crippen LogP contribution in [0.4, 0.5) is 13.2 Å². The molecule has 0 amide bonds. The Labute approximate surface area is 193 Å². The Morgan fingerprint density at radius 1 is 1.18 bits per heavy atom. The first kappa shape index (κ1) is 24.6. The smallest absolute Gasteiger partial charge is 0.433 e. The molecule has 0 unspecified atom stereocenters. The van der Waals surface area contributed by atoms with Gasteiger partial charge < -0.3 is 15.9 Å². The highest BCUT2D eigenvalue weighted by Crippen LogP contribution is 2.29. The molecule has 3 N–H and O–H groups in total. The van der Waals surface area contributed by atoms with Crippen LogP contribution in [0.15, 0.2) is 71.7 Å². The highest BCUT2D eigenvalue weighted by molar-refractivity contribution is 6.12. The van der Waals surface area contributed by atoms with Crippen molar-refractivity contribution >= 4 is 22.3 Å². The van der Waals surface area contributed by atoms with Crippen LogP contribution in [-0.4, -0.2) is 33.9 Å². The third-order valence-electron chi connectivity index (χ3n) is 4.83. The molecule has 0 aromatic carbocycles. The van der Waals surface area contributed by atoms with E-state index in [0.29, 0.717) is 23.1 Å². The minimum Gasteiger partial charge on any atom is -0.478 e. The Bertz CT molecular complexity index is 1370. The molecule has 34 heavy (non-hydrogen) atoms. The summed E-state index contributed by atoms with van der Waals surface area (Å²) in [6.07, 6.45) is 1.15. The molecule has 3 aromatic rings. The Hall–Kier alpha value is -4.05. The molecule has 0 saturated carbocycles. The van der Waals surface area contributed by atoms with Crippen molar-refractivity contribution in [2.75, 3.05) is 13.7 Å². The third-order valence-corrected chi connectivity index (χ3v) is 4.83. The average molecular weight is 469 g/mol. The van der Waals surface area contributed by atoms with E-state index in [1.54, 1.807) is 37.3 Å². The maximum absolute atomic E-state index is 13.5. The Balaban J connectivity index is 0.00000158. The molecule has 0 atom stereocenters. The Morgan fingerprint density at radius 3 is 2.50 bits per heavy atom. The number of allylic oxidation sites excluding steroid dienone is 5. The van der Waals surface area contributed by atoms with Gasteiger partial charge in [0.05, 0.1) is 24.2 Å². The molecule has 0 fully saturated rings. The van der Waals surface area contributed by atoms with Gasteiger partial charge in [0, 0.05) is 17.0 Å². The minimum atomic E-state index is -4.60. The maximum Gasteiger partial charge on any atom is 0.433 e. The molecule has 1 aliphatic rings. The second-order valence-corrected chi connectivity index (χ2v) is 6.97. The summed E-state index contributed by atoms with van der Waals surface area (Å²) < 4.78 is 45.5. The lowest BCUT2D eigenvalue weighted by atomic mass is 9.96. The molecule has 4 rings (SSSR count). The molecule has 0 saturated heterocycles. The van der Waals surface area contributed by atoms with Crippen molar-refractivity contribution in [1.29, 1.82) is 5.41 Å². The molecule has 3 aromatic heterocycles. The van der Waals surface area contributed by atoms with Gasteiger partial charge >= 0.3 is 6.18 Å². The molecular weight excluding hydrogens is 447 g/mol. The summed E-state index contributed by atoms with van der Waals surface area (Å²) in [4.78, 5) is 21.4. The van der Waals surface area contributed by atoms with Gasteiger partial charge in [-0.15, -0.1) is 0 Å². The second-order valence-electron chi connectivity index (χ2n) is 6.97. The normalized spacial score (nSPS) is 13.4. The fourth-order valence-corrected chi connectivity index (χ4v) is 3.29. The van der Waals surface area contributed by atoms with Crippen LogP contribution >= 0.6 is 0 Å². The lowest BCUT2D eigenvalue weighted by molar-refractivity contribution is -0.141. The summed E-state index contributed by atoms with van der Waals surface area (Å²) in [7, 11) is 1.50. The summed E-state index contributed by atoms with van der Waals surface area (Å²) in [5, 5.41) is 8.38. The van der Waals surface area contributed by atoms with Crippen LogP contribution in [0, 0.1) is 5.41 Å². The van der Waals surface area contributed by atoms with Gasteiger partial charge in [0.15, 0.2) is 5.65 Å². The number of fused-ring (bicyclic) bond motifs is 1. The number of halogens is 3. The molecule has 0 aliphatic heterocycles. The van der Waals surface area contributed by atoms with Crippen LogP contribution in [-0.2, 0) is 6.18 Å². The first-order chi connectivity index (χ1) is 16.2. The number of hydrogen-bond donors (Lipinski definition) is 2. The van der Waals surface area contributed by atoms with Crippen LogP contribution < -0.4 is 16.0 Å². The van der Waals surface area contributed by atoms with Crippen LogP contribution in [0.3, 0.4) is 0 Å². The number of nitrogens with two attached hydrogens (primary N) is 1. The van der Waals surface area contributed by atoms with E-state index in [4.69, 9.17) is 10.1 Å². The lowest BCUT2D eigenvalue weighted by Gasteiger charge is -2.16. The summed E-state index contributed by atoms with van der Waals surface area (Å²) in [6, 6.07) is 7.00. The van der Waals surface area contributed by atoms with Gasteiger partial charge in [-0.25, -0.2) is 4.98 Å². The number of pyridine rings is 3. The van der Waals surface area contributed by atoms with E-state index in [9.17, 15) is 18.0 Å². The van der Waals surface area contributed by atoms with Gasteiger partial charge in [-0.1, -0.05) is 12.7 Å². The second kappa shape index (κ2) is 9.84. The van der Waals surface area contributed by atoms with Gasteiger partial charge in [0.1, 0.15) is 5.69 Å². The molecule has 3 heterocycles. The lowest BCUT2D eigenvalue weighted by Crippen LogP contribution is -2.24. The first-order valence-corrected chi connectivity index (χ1v) is 10.2. The molecular formula is C24H22F3N5O2. The molecule has 0 spiro atoms. The third kappa shape index (κ3) is 4.81. The zero-order valence-corrected chi connectivity index (χ0v) is 18.5. The van der Waals surface area contributed by atoms with E-state index in [1.165, 1.54) is 23.8 Å². The zero-order valence-electron chi connectivity index (χ0n) is 18.5. The molecule has 0 radical (unpaired) electrons. The fourth-order valence-electron chi connectivity index (χ4n) is 3.29. The predicted molar refractivity (Wildman–Crippen MR) is 125 cm³/mol. The van der Waals surface area contributed by atoms with Crippen molar-refractivity contribution in [2.24, 2.45) is 5.73 Å². The van der Waals surface area contributed by atoms with Gasteiger partial charge in [-0.05, 0) is 61.5 Å². The number of rotatable bonds is 4. The van der Waals surface area contributed by atoms with Crippen molar-refractivity contribution in [3.63, 3.8) is 0 Å². The van der Waals surface area contributed by atoms with Gasteiger partial charge in [-0.3, -0.25) is 9.36 Å². The topological polar surface area (TPSA) is 107 Å². The summed E-state index contributed by atoms with van der Waals surface area (Å²) in [6.45, 7) is 5.94. The number of aromatic nitrogens is 3. The SMILES string of the molecule is C=C1C=C(c2cc3ccc(OCC)nc3n(-c3ccc(C(F)(F)F)nc3)c2=O)C=CC1=N.CN. The number of alkyl halides is 3. The number of ether oxygens (including phenoxy) is 1. The maximum atomic E-state index is 13.5. The number of hydrogen-bond acceptors (Lipinski definition) is 6. The van der Waals surface area contributed by atoms with Crippen molar-refractivity contribution in [3.05, 3.63) is 88.5 Å².